The fourth-order valence-corrected chi connectivity index (χ4v) is 3.45. The first-order valence-corrected chi connectivity index (χ1v) is 14.0. The monoisotopic (exact) mass is 565 g/mol. The molecule has 2 aromatic carbocycles. The van der Waals surface area contributed by atoms with E-state index in [4.69, 9.17) is 28.4 Å². The second-order valence-corrected chi connectivity index (χ2v) is 9.22. The Morgan fingerprint density at radius 3 is 1.95 bits per heavy atom. The number of rotatable bonds is 18. The van der Waals surface area contributed by atoms with Gasteiger partial charge in [0.1, 0.15) is 30.5 Å². The molecule has 0 amide bonds. The Balaban J connectivity index is 1.30. The lowest BCUT2D eigenvalue weighted by Crippen LogP contribution is -2.18. The van der Waals surface area contributed by atoms with E-state index in [1.165, 1.54) is 0 Å². The second kappa shape index (κ2) is 17.7. The fourth-order valence-electron chi connectivity index (χ4n) is 3.45. The van der Waals surface area contributed by atoms with Crippen molar-refractivity contribution in [3.8, 4) is 28.5 Å². The molecule has 0 aliphatic heterocycles. The van der Waals surface area contributed by atoms with E-state index in [1.54, 1.807) is 42.6 Å². The maximum absolute atomic E-state index is 12.6. The number of nitrogens with zero attached hydrogens (tertiary/aromatic N) is 1. The average Bonchev–Trinajstić information content (AvgIpc) is 3.01. The lowest BCUT2D eigenvalue weighted by atomic mass is 10.1. The van der Waals surface area contributed by atoms with E-state index < -0.39 is 5.97 Å². The molecule has 220 valence electrons. The molecule has 0 bridgehead atoms. The van der Waals surface area contributed by atoms with Gasteiger partial charge in [-0.05, 0) is 73.5 Å². The summed E-state index contributed by atoms with van der Waals surface area (Å²) >= 11 is 0. The molecule has 0 radical (unpaired) electrons. The molecule has 1 atom stereocenters. The van der Waals surface area contributed by atoms with Crippen LogP contribution in [0.2, 0.25) is 0 Å². The molecule has 0 spiro atoms. The van der Waals surface area contributed by atoms with Crippen molar-refractivity contribution in [2.75, 3.05) is 46.2 Å². The molecular weight excluding hydrogens is 526 g/mol. The molecule has 1 heterocycles. The molecule has 3 aromatic rings. The van der Waals surface area contributed by atoms with Crippen LogP contribution in [0.3, 0.4) is 0 Å². The molecule has 1 aromatic heterocycles. The Bertz CT molecular complexity index is 1180. The molecule has 1 unspecified atom stereocenters. The Kier molecular flexibility index (Phi) is 13.6. The van der Waals surface area contributed by atoms with Crippen molar-refractivity contribution < 1.29 is 38.0 Å². The summed E-state index contributed by atoms with van der Waals surface area (Å²) in [6, 6.07) is 17.7. The van der Waals surface area contributed by atoms with Gasteiger partial charge in [-0.2, -0.15) is 0 Å². The van der Waals surface area contributed by atoms with Crippen molar-refractivity contribution in [3.63, 3.8) is 0 Å². The number of carbonyl (C=O) groups is 2. The van der Waals surface area contributed by atoms with E-state index in [0.29, 0.717) is 56.7 Å². The summed E-state index contributed by atoms with van der Waals surface area (Å²) < 4.78 is 32.7. The maximum atomic E-state index is 12.6. The molecule has 0 saturated carbocycles. The molecule has 3 rings (SSSR count). The van der Waals surface area contributed by atoms with Crippen molar-refractivity contribution in [3.05, 3.63) is 72.4 Å². The number of pyridine rings is 1. The number of benzene rings is 2. The standard InChI is InChI=1S/C32H39NO8/c1-4-16-38-29-14-15-30(33-23-29)25-6-12-28(13-7-25)41-32(35)26-8-10-27(11-9-26)39-21-19-36-17-18-37-20-22-40-31(34)24(3)5-2/h6-15,23-24H,4-5,16-22H2,1-3H3. The van der Waals surface area contributed by atoms with Crippen molar-refractivity contribution in [1.29, 1.82) is 0 Å². The number of hydrogen-bond acceptors (Lipinski definition) is 9. The van der Waals surface area contributed by atoms with Crippen LogP contribution in [-0.2, 0) is 19.0 Å². The average molecular weight is 566 g/mol. The van der Waals surface area contributed by atoms with Crippen LogP contribution in [0.1, 0.15) is 44.0 Å². The van der Waals surface area contributed by atoms with Crippen molar-refractivity contribution in [2.45, 2.75) is 33.6 Å². The molecule has 9 nitrogen and oxygen atoms in total. The summed E-state index contributed by atoms with van der Waals surface area (Å²) in [5.74, 6) is 1.04. The topological polar surface area (TPSA) is 102 Å². The van der Waals surface area contributed by atoms with E-state index in [2.05, 4.69) is 11.9 Å². The smallest absolute Gasteiger partial charge is 0.343 e. The second-order valence-electron chi connectivity index (χ2n) is 9.22. The summed E-state index contributed by atoms with van der Waals surface area (Å²) in [4.78, 5) is 28.6. The SMILES string of the molecule is CCCOc1ccc(-c2ccc(OC(=O)c3ccc(OCCOCCOCCOC(=O)C(C)CC)cc3)cc2)nc1. The molecule has 9 heteroatoms. The Morgan fingerprint density at radius 2 is 1.32 bits per heavy atom. The van der Waals surface area contributed by atoms with Crippen LogP contribution in [-0.4, -0.2) is 63.2 Å². The van der Waals surface area contributed by atoms with Gasteiger partial charge in [0.15, 0.2) is 0 Å². The lowest BCUT2D eigenvalue weighted by molar-refractivity contribution is -0.149. The van der Waals surface area contributed by atoms with Crippen LogP contribution in [0.25, 0.3) is 11.3 Å². The highest BCUT2D eigenvalue weighted by molar-refractivity contribution is 5.91. The number of aromatic nitrogens is 1. The van der Waals surface area contributed by atoms with Crippen LogP contribution < -0.4 is 14.2 Å². The number of carbonyl (C=O) groups excluding carboxylic acids is 2. The van der Waals surface area contributed by atoms with E-state index >= 15 is 0 Å². The van der Waals surface area contributed by atoms with Crippen molar-refractivity contribution >= 4 is 11.9 Å². The third-order valence-electron chi connectivity index (χ3n) is 6.01. The highest BCUT2D eigenvalue weighted by Crippen LogP contribution is 2.23. The van der Waals surface area contributed by atoms with E-state index in [-0.39, 0.29) is 18.5 Å². The van der Waals surface area contributed by atoms with E-state index in [0.717, 1.165) is 29.8 Å². The molecular formula is C32H39NO8. The van der Waals surface area contributed by atoms with Crippen LogP contribution in [0.4, 0.5) is 0 Å². The van der Waals surface area contributed by atoms with Gasteiger partial charge in [0.25, 0.3) is 0 Å². The van der Waals surface area contributed by atoms with Crippen LogP contribution in [0.15, 0.2) is 66.9 Å². The summed E-state index contributed by atoms with van der Waals surface area (Å²) in [5.41, 5.74) is 2.12. The summed E-state index contributed by atoms with van der Waals surface area (Å²) in [6.45, 7) is 8.63. The maximum Gasteiger partial charge on any atom is 0.343 e. The fraction of sp³-hybridized carbons (Fsp3) is 0.406. The highest BCUT2D eigenvalue weighted by Gasteiger charge is 2.11. The van der Waals surface area contributed by atoms with Crippen molar-refractivity contribution in [2.24, 2.45) is 5.92 Å². The molecule has 41 heavy (non-hydrogen) atoms. The lowest BCUT2D eigenvalue weighted by Gasteiger charge is -2.10. The van der Waals surface area contributed by atoms with Crippen LogP contribution in [0.5, 0.6) is 17.2 Å². The minimum Gasteiger partial charge on any atom is -0.492 e. The minimum absolute atomic E-state index is 0.0916. The van der Waals surface area contributed by atoms with Gasteiger partial charge in [-0.3, -0.25) is 9.78 Å². The predicted octanol–water partition coefficient (Wildman–Crippen LogP) is 5.76. The minimum atomic E-state index is -0.460. The zero-order valence-electron chi connectivity index (χ0n) is 24.0. The zero-order chi connectivity index (χ0) is 29.3. The van der Waals surface area contributed by atoms with Gasteiger partial charge < -0.3 is 28.4 Å². The molecule has 0 aliphatic rings. The van der Waals surface area contributed by atoms with Gasteiger partial charge in [-0.25, -0.2) is 4.79 Å². The highest BCUT2D eigenvalue weighted by atomic mass is 16.6. The first kappa shape index (κ1) is 31.6. The van der Waals surface area contributed by atoms with Gasteiger partial charge in [0.05, 0.1) is 56.4 Å². The number of esters is 2. The predicted molar refractivity (Wildman–Crippen MR) is 154 cm³/mol. The van der Waals surface area contributed by atoms with Crippen LogP contribution >= 0.6 is 0 Å². The van der Waals surface area contributed by atoms with E-state index in [9.17, 15) is 9.59 Å². The molecule has 0 aliphatic carbocycles. The van der Waals surface area contributed by atoms with Crippen molar-refractivity contribution in [1.82, 2.24) is 4.98 Å². The summed E-state index contributed by atoms with van der Waals surface area (Å²) in [7, 11) is 0. The normalized spacial score (nSPS) is 11.5. The third kappa shape index (κ3) is 11.2. The largest absolute Gasteiger partial charge is 0.492 e. The van der Waals surface area contributed by atoms with Crippen LogP contribution in [0, 0.1) is 5.92 Å². The number of ether oxygens (including phenoxy) is 6. The van der Waals surface area contributed by atoms with Gasteiger partial charge in [0, 0.05) is 5.56 Å². The van der Waals surface area contributed by atoms with E-state index in [1.807, 2.05) is 38.1 Å². The van der Waals surface area contributed by atoms with Gasteiger partial charge in [0.2, 0.25) is 0 Å². The first-order chi connectivity index (χ1) is 20.0. The molecule has 0 fully saturated rings. The van der Waals surface area contributed by atoms with Gasteiger partial charge >= 0.3 is 11.9 Å². The summed E-state index contributed by atoms with van der Waals surface area (Å²) in [5, 5.41) is 0. The zero-order valence-corrected chi connectivity index (χ0v) is 24.0. The molecule has 0 saturated heterocycles. The quantitative estimate of drug-likeness (QED) is 0.108. The Labute approximate surface area is 241 Å². The number of hydrogen-bond donors (Lipinski definition) is 0. The Hall–Kier alpha value is -3.95. The van der Waals surface area contributed by atoms with Gasteiger partial charge in [-0.15, -0.1) is 0 Å². The molecule has 0 N–H and O–H groups in total. The van der Waals surface area contributed by atoms with Gasteiger partial charge in [-0.1, -0.05) is 20.8 Å². The first-order valence-electron chi connectivity index (χ1n) is 14.0. The third-order valence-corrected chi connectivity index (χ3v) is 6.01. The summed E-state index contributed by atoms with van der Waals surface area (Å²) in [6.07, 6.45) is 3.40. The Morgan fingerprint density at radius 1 is 0.707 bits per heavy atom.